The molecule has 4 rings (SSSR count). The number of benzene rings is 1. The molecule has 8 heteroatoms. The molecule has 140 valence electrons. The Bertz CT molecular complexity index is 937. The van der Waals surface area contributed by atoms with Gasteiger partial charge in [-0.1, -0.05) is 47.6 Å². The number of hydrogen-bond acceptors (Lipinski definition) is 5. The molecule has 1 atom stereocenters. The number of carbonyl (C=O) groups excluding carboxylic acids is 1. The maximum atomic E-state index is 12.4. The second-order valence-electron chi connectivity index (χ2n) is 6.48. The zero-order valence-electron chi connectivity index (χ0n) is 14.8. The van der Waals surface area contributed by atoms with Gasteiger partial charge in [0, 0.05) is 11.1 Å². The number of rotatable bonds is 7. The fourth-order valence-electron chi connectivity index (χ4n) is 2.93. The predicted octanol–water partition coefficient (Wildman–Crippen LogP) is 4.96. The van der Waals surface area contributed by atoms with E-state index >= 15 is 0 Å². The molecule has 0 radical (unpaired) electrons. The Kier molecular flexibility index (Phi) is 5.52. The number of amides is 1. The van der Waals surface area contributed by atoms with E-state index in [-0.39, 0.29) is 11.9 Å². The van der Waals surface area contributed by atoms with Crippen molar-refractivity contribution in [1.82, 2.24) is 20.1 Å². The molecule has 1 N–H and O–H groups in total. The van der Waals surface area contributed by atoms with E-state index in [0.29, 0.717) is 16.8 Å². The number of halogens is 1. The van der Waals surface area contributed by atoms with Crippen molar-refractivity contribution in [3.8, 4) is 10.7 Å². The first-order valence-corrected chi connectivity index (χ1v) is 11.0. The molecule has 1 aliphatic rings. The summed E-state index contributed by atoms with van der Waals surface area (Å²) in [5.74, 6) is 1.15. The van der Waals surface area contributed by atoms with Gasteiger partial charge in [0.15, 0.2) is 11.0 Å². The van der Waals surface area contributed by atoms with Crippen molar-refractivity contribution in [1.29, 1.82) is 0 Å². The second-order valence-corrected chi connectivity index (χ2v) is 8.78. The highest BCUT2D eigenvalue weighted by molar-refractivity contribution is 7.99. The first kappa shape index (κ1) is 18.5. The zero-order valence-corrected chi connectivity index (χ0v) is 17.2. The van der Waals surface area contributed by atoms with Crippen LogP contribution in [0.3, 0.4) is 0 Å². The van der Waals surface area contributed by atoms with Crippen LogP contribution in [-0.2, 0) is 4.79 Å². The highest BCUT2D eigenvalue weighted by atomic mass is 35.5. The molecule has 1 unspecified atom stereocenters. The first-order valence-electron chi connectivity index (χ1n) is 8.79. The Morgan fingerprint density at radius 2 is 2.15 bits per heavy atom. The smallest absolute Gasteiger partial charge is 0.230 e. The van der Waals surface area contributed by atoms with Crippen molar-refractivity contribution in [2.75, 3.05) is 5.75 Å². The lowest BCUT2D eigenvalue weighted by Gasteiger charge is -2.15. The standard InChI is InChI=1S/C19H19ClN4OS2/c1-12(14-5-2-3-6-15(14)20)21-17(25)11-27-19-23-22-18(16-7-4-10-26-16)24(19)13-8-9-13/h2-7,10,12-13H,8-9,11H2,1H3,(H,21,25). The van der Waals surface area contributed by atoms with Crippen LogP contribution in [0.5, 0.6) is 0 Å². The number of thiophene rings is 1. The third-order valence-corrected chi connectivity index (χ3v) is 6.55. The maximum Gasteiger partial charge on any atom is 0.230 e. The van der Waals surface area contributed by atoms with Gasteiger partial charge in [-0.15, -0.1) is 21.5 Å². The van der Waals surface area contributed by atoms with Crippen molar-refractivity contribution in [2.24, 2.45) is 0 Å². The third-order valence-electron chi connectivity index (χ3n) is 4.40. The fraction of sp³-hybridized carbons (Fsp3) is 0.316. The summed E-state index contributed by atoms with van der Waals surface area (Å²) in [6.45, 7) is 1.94. The topological polar surface area (TPSA) is 59.8 Å². The SMILES string of the molecule is CC(NC(=O)CSc1nnc(-c2cccs2)n1C1CC1)c1ccccc1Cl. The molecular weight excluding hydrogens is 400 g/mol. The number of carbonyl (C=O) groups is 1. The average Bonchev–Trinajstić information content (AvgIpc) is 3.18. The number of aromatic nitrogens is 3. The van der Waals surface area contributed by atoms with Crippen molar-refractivity contribution in [2.45, 2.75) is 37.0 Å². The van der Waals surface area contributed by atoms with Crippen molar-refractivity contribution in [3.63, 3.8) is 0 Å². The highest BCUT2D eigenvalue weighted by Crippen LogP contribution is 2.41. The minimum atomic E-state index is -0.144. The number of hydrogen-bond donors (Lipinski definition) is 1. The van der Waals surface area contributed by atoms with E-state index in [0.717, 1.165) is 34.3 Å². The van der Waals surface area contributed by atoms with Crippen LogP contribution in [0.4, 0.5) is 0 Å². The lowest BCUT2D eigenvalue weighted by Crippen LogP contribution is -2.28. The summed E-state index contributed by atoms with van der Waals surface area (Å²) in [5, 5.41) is 15.2. The van der Waals surface area contributed by atoms with Crippen LogP contribution in [0.25, 0.3) is 10.7 Å². The summed E-state index contributed by atoms with van der Waals surface area (Å²) >= 11 is 9.30. The summed E-state index contributed by atoms with van der Waals surface area (Å²) in [6, 6.07) is 11.9. The van der Waals surface area contributed by atoms with Crippen LogP contribution in [0.1, 0.15) is 37.4 Å². The van der Waals surface area contributed by atoms with Gasteiger partial charge in [-0.05, 0) is 42.8 Å². The molecule has 0 aliphatic heterocycles. The Morgan fingerprint density at radius 3 is 2.85 bits per heavy atom. The number of thioether (sulfide) groups is 1. The maximum absolute atomic E-state index is 12.4. The van der Waals surface area contributed by atoms with Gasteiger partial charge < -0.3 is 5.32 Å². The Morgan fingerprint density at radius 1 is 1.33 bits per heavy atom. The van der Waals surface area contributed by atoms with Crippen LogP contribution in [0.2, 0.25) is 5.02 Å². The normalized spacial score (nSPS) is 14.9. The second kappa shape index (κ2) is 8.04. The average molecular weight is 419 g/mol. The van der Waals surface area contributed by atoms with Gasteiger partial charge in [-0.25, -0.2) is 0 Å². The van der Waals surface area contributed by atoms with E-state index < -0.39 is 0 Å². The minimum absolute atomic E-state index is 0.0459. The Hall–Kier alpha value is -1.83. The highest BCUT2D eigenvalue weighted by Gasteiger charge is 2.30. The van der Waals surface area contributed by atoms with Gasteiger partial charge in [-0.2, -0.15) is 0 Å². The molecule has 0 saturated heterocycles. The monoisotopic (exact) mass is 418 g/mol. The van der Waals surface area contributed by atoms with Gasteiger partial charge in [0.1, 0.15) is 0 Å². The minimum Gasteiger partial charge on any atom is -0.349 e. The van der Waals surface area contributed by atoms with Gasteiger partial charge >= 0.3 is 0 Å². The van der Waals surface area contributed by atoms with Crippen molar-refractivity contribution >= 4 is 40.6 Å². The van der Waals surface area contributed by atoms with E-state index in [1.807, 2.05) is 42.6 Å². The van der Waals surface area contributed by atoms with Gasteiger partial charge in [0.25, 0.3) is 0 Å². The summed E-state index contributed by atoms with van der Waals surface area (Å²) in [7, 11) is 0. The van der Waals surface area contributed by atoms with Crippen molar-refractivity contribution < 1.29 is 4.79 Å². The molecule has 2 aromatic heterocycles. The molecule has 1 aliphatic carbocycles. The lowest BCUT2D eigenvalue weighted by atomic mass is 10.1. The molecule has 1 amide bonds. The van der Waals surface area contributed by atoms with E-state index in [9.17, 15) is 4.79 Å². The molecule has 0 spiro atoms. The van der Waals surface area contributed by atoms with E-state index in [4.69, 9.17) is 11.6 Å². The van der Waals surface area contributed by atoms with E-state index in [1.54, 1.807) is 11.3 Å². The van der Waals surface area contributed by atoms with Crippen LogP contribution in [-0.4, -0.2) is 26.4 Å². The largest absolute Gasteiger partial charge is 0.349 e. The van der Waals surface area contributed by atoms with Gasteiger partial charge in [0.2, 0.25) is 5.91 Å². The molecule has 27 heavy (non-hydrogen) atoms. The van der Waals surface area contributed by atoms with Gasteiger partial charge in [-0.3, -0.25) is 9.36 Å². The number of nitrogens with zero attached hydrogens (tertiary/aromatic N) is 3. The fourth-order valence-corrected chi connectivity index (χ4v) is 4.75. The molecular formula is C19H19ClN4OS2. The Balaban J connectivity index is 1.42. The van der Waals surface area contributed by atoms with Crippen LogP contribution in [0, 0.1) is 0 Å². The summed E-state index contributed by atoms with van der Waals surface area (Å²) in [5.41, 5.74) is 0.915. The van der Waals surface area contributed by atoms with Crippen molar-refractivity contribution in [3.05, 3.63) is 52.4 Å². The quantitative estimate of drug-likeness (QED) is 0.550. The van der Waals surface area contributed by atoms with Crippen LogP contribution >= 0.6 is 34.7 Å². The molecule has 5 nitrogen and oxygen atoms in total. The molecule has 3 aromatic rings. The predicted molar refractivity (Wildman–Crippen MR) is 110 cm³/mol. The molecule has 1 aromatic carbocycles. The van der Waals surface area contributed by atoms with E-state index in [1.165, 1.54) is 11.8 Å². The molecule has 1 saturated carbocycles. The number of nitrogens with one attached hydrogen (secondary N) is 1. The lowest BCUT2D eigenvalue weighted by molar-refractivity contribution is -0.119. The molecule has 2 heterocycles. The summed E-state index contributed by atoms with van der Waals surface area (Å²) < 4.78 is 2.18. The molecule has 0 bridgehead atoms. The summed E-state index contributed by atoms with van der Waals surface area (Å²) in [6.07, 6.45) is 2.28. The first-order chi connectivity index (χ1) is 13.1. The third kappa shape index (κ3) is 4.20. The van der Waals surface area contributed by atoms with Gasteiger partial charge in [0.05, 0.1) is 16.7 Å². The van der Waals surface area contributed by atoms with E-state index in [2.05, 4.69) is 26.1 Å². The Labute approximate surface area is 171 Å². The summed E-state index contributed by atoms with van der Waals surface area (Å²) in [4.78, 5) is 13.5. The zero-order chi connectivity index (χ0) is 18.8. The van der Waals surface area contributed by atoms with Crippen LogP contribution < -0.4 is 5.32 Å². The van der Waals surface area contributed by atoms with Crippen LogP contribution in [0.15, 0.2) is 46.9 Å². The molecule has 1 fully saturated rings.